The van der Waals surface area contributed by atoms with E-state index in [4.69, 9.17) is 5.73 Å². The molecule has 3 heteroatoms. The molecule has 2 N–H and O–H groups in total. The number of nitrogens with zero attached hydrogens (tertiary/aromatic N) is 1. The Labute approximate surface area is 115 Å². The van der Waals surface area contributed by atoms with Crippen molar-refractivity contribution in [1.82, 2.24) is 4.90 Å². The van der Waals surface area contributed by atoms with Crippen LogP contribution in [0, 0.1) is 11.7 Å². The summed E-state index contributed by atoms with van der Waals surface area (Å²) in [5.74, 6) is 0.118. The third-order valence-electron chi connectivity index (χ3n) is 4.35. The highest BCUT2D eigenvalue weighted by Crippen LogP contribution is 2.29. The summed E-state index contributed by atoms with van der Waals surface area (Å²) in [6.07, 6.45) is 3.85. The monoisotopic (exact) mass is 264 g/mol. The fraction of sp³-hybridized carbons (Fsp3) is 0.625. The summed E-state index contributed by atoms with van der Waals surface area (Å²) in [6, 6.07) is 6.68. The second-order valence-electron chi connectivity index (χ2n) is 6.04. The molecule has 1 aromatic rings. The molecule has 0 saturated carbocycles. The van der Waals surface area contributed by atoms with Gasteiger partial charge in [-0.2, -0.15) is 0 Å². The first kappa shape index (κ1) is 14.5. The minimum absolute atomic E-state index is 0.201. The largest absolute Gasteiger partial charge is 0.320 e. The lowest BCUT2D eigenvalue weighted by atomic mass is 9.80. The predicted molar refractivity (Wildman–Crippen MR) is 77.4 cm³/mol. The van der Waals surface area contributed by atoms with Crippen molar-refractivity contribution in [3.63, 3.8) is 0 Å². The van der Waals surface area contributed by atoms with Crippen LogP contribution in [0.5, 0.6) is 0 Å². The highest BCUT2D eigenvalue weighted by molar-refractivity contribution is 5.26. The van der Waals surface area contributed by atoms with Crippen LogP contribution in [0.15, 0.2) is 24.3 Å². The van der Waals surface area contributed by atoms with E-state index in [1.165, 1.54) is 31.4 Å². The van der Waals surface area contributed by atoms with Gasteiger partial charge in [0.05, 0.1) is 5.54 Å². The minimum Gasteiger partial charge on any atom is -0.320 e. The molecule has 1 atom stereocenters. The molecule has 1 saturated heterocycles. The van der Waals surface area contributed by atoms with Gasteiger partial charge in [0.15, 0.2) is 0 Å². The molecule has 0 radical (unpaired) electrons. The van der Waals surface area contributed by atoms with E-state index in [1.807, 2.05) is 12.1 Å². The smallest absolute Gasteiger partial charge is 0.123 e. The molecule has 0 spiro atoms. The zero-order valence-electron chi connectivity index (χ0n) is 12.0. The summed E-state index contributed by atoms with van der Waals surface area (Å²) in [5, 5.41) is 0. The lowest BCUT2D eigenvalue weighted by molar-refractivity contribution is 0.149. The minimum atomic E-state index is -0.398. The summed E-state index contributed by atoms with van der Waals surface area (Å²) >= 11 is 0. The Morgan fingerprint density at radius 1 is 1.16 bits per heavy atom. The van der Waals surface area contributed by atoms with E-state index in [2.05, 4.69) is 18.7 Å². The van der Waals surface area contributed by atoms with E-state index < -0.39 is 5.54 Å². The Morgan fingerprint density at radius 2 is 1.74 bits per heavy atom. The van der Waals surface area contributed by atoms with E-state index in [0.717, 1.165) is 25.2 Å². The predicted octanol–water partition coefficient (Wildman–Crippen LogP) is 3.12. The molecule has 0 bridgehead atoms. The molecule has 1 aliphatic heterocycles. The number of piperidine rings is 1. The maximum Gasteiger partial charge on any atom is 0.123 e. The number of likely N-dealkylation sites (tertiary alicyclic amines) is 1. The zero-order valence-corrected chi connectivity index (χ0v) is 12.0. The summed E-state index contributed by atoms with van der Waals surface area (Å²) in [5.41, 5.74) is 7.32. The first-order valence-electron chi connectivity index (χ1n) is 7.29. The lowest BCUT2D eigenvalue weighted by Crippen LogP contribution is -2.52. The summed E-state index contributed by atoms with van der Waals surface area (Å²) < 4.78 is 13.1. The summed E-state index contributed by atoms with van der Waals surface area (Å²) in [6.45, 7) is 7.41. The Kier molecular flexibility index (Phi) is 4.58. The molecule has 106 valence electrons. The maximum atomic E-state index is 13.1. The molecule has 0 aliphatic carbocycles. The van der Waals surface area contributed by atoms with Gasteiger partial charge in [0.2, 0.25) is 0 Å². The van der Waals surface area contributed by atoms with Crippen LogP contribution in [-0.2, 0) is 5.54 Å². The maximum absolute atomic E-state index is 13.1. The fourth-order valence-corrected chi connectivity index (χ4v) is 2.85. The van der Waals surface area contributed by atoms with Gasteiger partial charge in [-0.3, -0.25) is 0 Å². The van der Waals surface area contributed by atoms with Crippen LogP contribution in [0.3, 0.4) is 0 Å². The second-order valence-corrected chi connectivity index (χ2v) is 6.04. The van der Waals surface area contributed by atoms with Crippen molar-refractivity contribution in [3.8, 4) is 0 Å². The number of hydrogen-bond acceptors (Lipinski definition) is 2. The summed E-state index contributed by atoms with van der Waals surface area (Å²) in [4.78, 5) is 2.45. The highest BCUT2D eigenvalue weighted by atomic mass is 19.1. The van der Waals surface area contributed by atoms with Crippen LogP contribution in [0.4, 0.5) is 4.39 Å². The van der Waals surface area contributed by atoms with Gasteiger partial charge in [0.25, 0.3) is 0 Å². The standard InChI is InChI=1S/C16H25FN2/c1-13(2)16(18,12-19-10-4-3-5-11-19)14-6-8-15(17)9-7-14/h6-9,13H,3-5,10-12,18H2,1-2H3. The third kappa shape index (κ3) is 3.34. The van der Waals surface area contributed by atoms with E-state index in [1.54, 1.807) is 0 Å². The van der Waals surface area contributed by atoms with Crippen LogP contribution >= 0.6 is 0 Å². The third-order valence-corrected chi connectivity index (χ3v) is 4.35. The molecular weight excluding hydrogens is 239 g/mol. The van der Waals surface area contributed by atoms with Crippen molar-refractivity contribution >= 4 is 0 Å². The summed E-state index contributed by atoms with van der Waals surface area (Å²) in [7, 11) is 0. The van der Waals surface area contributed by atoms with Gasteiger partial charge in [-0.1, -0.05) is 32.4 Å². The molecule has 1 aliphatic rings. The SMILES string of the molecule is CC(C)C(N)(CN1CCCCC1)c1ccc(F)cc1. The van der Waals surface area contributed by atoms with Crippen molar-refractivity contribution in [1.29, 1.82) is 0 Å². The van der Waals surface area contributed by atoms with Crippen LogP contribution in [0.25, 0.3) is 0 Å². The Balaban J connectivity index is 2.18. The van der Waals surface area contributed by atoms with E-state index in [-0.39, 0.29) is 5.82 Å². The van der Waals surface area contributed by atoms with Crippen LogP contribution in [0.1, 0.15) is 38.7 Å². The first-order chi connectivity index (χ1) is 9.02. The molecule has 1 unspecified atom stereocenters. The normalized spacial score (nSPS) is 20.5. The first-order valence-corrected chi connectivity index (χ1v) is 7.29. The van der Waals surface area contributed by atoms with Crippen LogP contribution in [0.2, 0.25) is 0 Å². The van der Waals surface area contributed by atoms with Gasteiger partial charge in [0, 0.05) is 6.54 Å². The fourth-order valence-electron chi connectivity index (χ4n) is 2.85. The van der Waals surface area contributed by atoms with Crippen molar-refractivity contribution in [3.05, 3.63) is 35.6 Å². The molecule has 2 rings (SSSR count). The quantitative estimate of drug-likeness (QED) is 0.905. The van der Waals surface area contributed by atoms with Crippen molar-refractivity contribution in [2.45, 2.75) is 38.6 Å². The average molecular weight is 264 g/mol. The molecule has 1 fully saturated rings. The molecule has 0 aromatic heterocycles. The molecule has 19 heavy (non-hydrogen) atoms. The number of hydrogen-bond donors (Lipinski definition) is 1. The lowest BCUT2D eigenvalue weighted by Gasteiger charge is -2.40. The van der Waals surface area contributed by atoms with Gasteiger partial charge in [-0.25, -0.2) is 4.39 Å². The van der Waals surface area contributed by atoms with Crippen LogP contribution in [-0.4, -0.2) is 24.5 Å². The van der Waals surface area contributed by atoms with Crippen LogP contribution < -0.4 is 5.73 Å². The van der Waals surface area contributed by atoms with E-state index >= 15 is 0 Å². The van der Waals surface area contributed by atoms with Gasteiger partial charge in [-0.05, 0) is 49.5 Å². The average Bonchev–Trinajstić information content (AvgIpc) is 2.40. The van der Waals surface area contributed by atoms with Gasteiger partial charge < -0.3 is 10.6 Å². The Bertz CT molecular complexity index is 396. The Hall–Kier alpha value is -0.930. The van der Waals surface area contributed by atoms with Gasteiger partial charge >= 0.3 is 0 Å². The molecule has 1 heterocycles. The number of halogens is 1. The molecule has 2 nitrogen and oxygen atoms in total. The second kappa shape index (κ2) is 6.02. The highest BCUT2D eigenvalue weighted by Gasteiger charge is 2.33. The number of benzene rings is 1. The van der Waals surface area contributed by atoms with Gasteiger partial charge in [-0.15, -0.1) is 0 Å². The number of nitrogens with two attached hydrogens (primary N) is 1. The van der Waals surface area contributed by atoms with Gasteiger partial charge in [0.1, 0.15) is 5.82 Å². The van der Waals surface area contributed by atoms with E-state index in [9.17, 15) is 4.39 Å². The van der Waals surface area contributed by atoms with Crippen molar-refractivity contribution in [2.75, 3.05) is 19.6 Å². The number of rotatable bonds is 4. The zero-order chi connectivity index (χ0) is 13.9. The topological polar surface area (TPSA) is 29.3 Å². The van der Waals surface area contributed by atoms with E-state index in [0.29, 0.717) is 5.92 Å². The molecule has 1 aromatic carbocycles. The molecule has 0 amide bonds. The Morgan fingerprint density at radius 3 is 2.26 bits per heavy atom. The molecular formula is C16H25FN2. The van der Waals surface area contributed by atoms with Crippen molar-refractivity contribution < 1.29 is 4.39 Å². The van der Waals surface area contributed by atoms with Crippen molar-refractivity contribution in [2.24, 2.45) is 11.7 Å².